The van der Waals surface area contributed by atoms with Gasteiger partial charge in [-0.2, -0.15) is 0 Å². The average molecular weight is 252 g/mol. The van der Waals surface area contributed by atoms with E-state index >= 15 is 0 Å². The first-order valence-electron chi connectivity index (χ1n) is 4.55. The van der Waals surface area contributed by atoms with E-state index in [2.05, 4.69) is 10.3 Å². The van der Waals surface area contributed by atoms with Gasteiger partial charge in [-0.25, -0.2) is 4.98 Å². The summed E-state index contributed by atoms with van der Waals surface area (Å²) < 4.78 is 0. The van der Waals surface area contributed by atoms with Crippen molar-refractivity contribution in [3.05, 3.63) is 11.1 Å². The summed E-state index contributed by atoms with van der Waals surface area (Å²) in [6.45, 7) is 6.38. The molecule has 0 fully saturated rings. The van der Waals surface area contributed by atoms with Crippen molar-refractivity contribution in [3.8, 4) is 0 Å². The van der Waals surface area contributed by atoms with Gasteiger partial charge in [-0.3, -0.25) is 0 Å². The van der Waals surface area contributed by atoms with Crippen LogP contribution in [0.2, 0.25) is 0 Å². The Hall–Kier alpha value is -0.360. The first-order chi connectivity index (χ1) is 6.42. The van der Waals surface area contributed by atoms with E-state index in [-0.39, 0.29) is 17.9 Å². The molecule has 1 heterocycles. The van der Waals surface area contributed by atoms with E-state index in [1.54, 1.807) is 13.1 Å². The van der Waals surface area contributed by atoms with E-state index in [9.17, 15) is 5.11 Å². The molecule has 0 bridgehead atoms. The van der Waals surface area contributed by atoms with Crippen LogP contribution in [-0.2, 0) is 6.54 Å². The molecular formula is C9H18ClN3OS. The molecule has 0 radical (unpaired) electrons. The number of hydrogen-bond donors (Lipinski definition) is 3. The molecule has 0 saturated carbocycles. The molecule has 0 spiro atoms. The minimum Gasteiger partial charge on any atom is -0.392 e. The highest BCUT2D eigenvalue weighted by atomic mass is 35.5. The summed E-state index contributed by atoms with van der Waals surface area (Å²) in [6.07, 6.45) is 1.36. The molecular weight excluding hydrogens is 234 g/mol. The van der Waals surface area contributed by atoms with Gasteiger partial charge in [0.25, 0.3) is 0 Å². The molecule has 15 heavy (non-hydrogen) atoms. The minimum atomic E-state index is -0.396. The highest BCUT2D eigenvalue weighted by molar-refractivity contribution is 7.15. The van der Waals surface area contributed by atoms with Crippen molar-refractivity contribution in [1.82, 2.24) is 10.3 Å². The van der Waals surface area contributed by atoms with Crippen LogP contribution in [0.1, 0.15) is 25.6 Å². The van der Waals surface area contributed by atoms with Gasteiger partial charge in [0, 0.05) is 23.2 Å². The molecule has 6 heteroatoms. The quantitative estimate of drug-likeness (QED) is 0.757. The number of nitrogen functional groups attached to an aromatic ring is 1. The predicted octanol–water partition coefficient (Wildman–Crippen LogP) is 1.40. The highest BCUT2D eigenvalue weighted by Gasteiger charge is 2.23. The number of hydrogen-bond acceptors (Lipinski definition) is 5. The van der Waals surface area contributed by atoms with Crippen molar-refractivity contribution in [2.24, 2.45) is 0 Å². The number of thiazole rings is 1. The molecule has 0 aliphatic heterocycles. The Kier molecular flexibility index (Phi) is 5.51. The standard InChI is InChI=1S/C9H17N3OS.ClH/c1-6(13)9(2,3)12-5-7-4-11-8(10)14-7;/h4,6,12-13H,5H2,1-3H3,(H2,10,11);1H. The zero-order chi connectivity index (χ0) is 10.8. The molecule has 0 saturated heterocycles. The number of anilines is 1. The molecule has 0 aliphatic carbocycles. The Bertz CT molecular complexity index is 301. The molecule has 88 valence electrons. The maximum atomic E-state index is 9.46. The second-order valence-electron chi connectivity index (χ2n) is 3.92. The lowest BCUT2D eigenvalue weighted by molar-refractivity contribution is 0.0958. The molecule has 1 atom stereocenters. The van der Waals surface area contributed by atoms with Crippen molar-refractivity contribution in [3.63, 3.8) is 0 Å². The van der Waals surface area contributed by atoms with Crippen LogP contribution in [0.3, 0.4) is 0 Å². The highest BCUT2D eigenvalue weighted by Crippen LogP contribution is 2.16. The second-order valence-corrected chi connectivity index (χ2v) is 5.06. The Balaban J connectivity index is 0.00000196. The lowest BCUT2D eigenvalue weighted by atomic mass is 9.99. The van der Waals surface area contributed by atoms with Gasteiger partial charge in [0.1, 0.15) is 0 Å². The van der Waals surface area contributed by atoms with E-state index in [0.29, 0.717) is 11.7 Å². The van der Waals surface area contributed by atoms with Crippen molar-refractivity contribution in [1.29, 1.82) is 0 Å². The minimum absolute atomic E-state index is 0. The van der Waals surface area contributed by atoms with Gasteiger partial charge < -0.3 is 16.2 Å². The van der Waals surface area contributed by atoms with Crippen LogP contribution in [0.5, 0.6) is 0 Å². The predicted molar refractivity (Wildman–Crippen MR) is 66.4 cm³/mol. The molecule has 0 aromatic carbocycles. The number of nitrogens with one attached hydrogen (secondary N) is 1. The first kappa shape index (κ1) is 14.6. The molecule has 1 aromatic heterocycles. The van der Waals surface area contributed by atoms with Crippen molar-refractivity contribution >= 4 is 28.9 Å². The topological polar surface area (TPSA) is 71.2 Å². The van der Waals surface area contributed by atoms with Crippen LogP contribution in [-0.4, -0.2) is 21.7 Å². The number of rotatable bonds is 4. The monoisotopic (exact) mass is 251 g/mol. The smallest absolute Gasteiger partial charge is 0.180 e. The summed E-state index contributed by atoms with van der Waals surface area (Å²) in [4.78, 5) is 5.04. The molecule has 4 nitrogen and oxygen atoms in total. The summed E-state index contributed by atoms with van der Waals surface area (Å²) in [5.74, 6) is 0. The van der Waals surface area contributed by atoms with Crippen LogP contribution in [0.4, 0.5) is 5.13 Å². The van der Waals surface area contributed by atoms with E-state index < -0.39 is 6.10 Å². The van der Waals surface area contributed by atoms with Gasteiger partial charge in [0.05, 0.1) is 6.10 Å². The fourth-order valence-electron chi connectivity index (χ4n) is 0.867. The van der Waals surface area contributed by atoms with Gasteiger partial charge in [0.2, 0.25) is 0 Å². The van der Waals surface area contributed by atoms with E-state index in [0.717, 1.165) is 4.88 Å². The fourth-order valence-corrected chi connectivity index (χ4v) is 1.49. The van der Waals surface area contributed by atoms with Crippen molar-refractivity contribution in [2.75, 3.05) is 5.73 Å². The third-order valence-corrected chi connectivity index (χ3v) is 3.16. The Morgan fingerprint density at radius 1 is 1.67 bits per heavy atom. The molecule has 1 unspecified atom stereocenters. The number of halogens is 1. The summed E-state index contributed by atoms with van der Waals surface area (Å²) in [5.41, 5.74) is 5.22. The van der Waals surface area contributed by atoms with Crippen molar-refractivity contribution in [2.45, 2.75) is 39.0 Å². The van der Waals surface area contributed by atoms with Gasteiger partial charge >= 0.3 is 0 Å². The SMILES string of the molecule is CC(O)C(C)(C)NCc1cnc(N)s1.Cl. The van der Waals surface area contributed by atoms with Crippen molar-refractivity contribution < 1.29 is 5.11 Å². The maximum Gasteiger partial charge on any atom is 0.180 e. The largest absolute Gasteiger partial charge is 0.392 e. The first-order valence-corrected chi connectivity index (χ1v) is 5.37. The summed E-state index contributed by atoms with van der Waals surface area (Å²) in [7, 11) is 0. The molecule has 0 aliphatic rings. The van der Waals surface area contributed by atoms with Crippen LogP contribution in [0, 0.1) is 0 Å². The molecule has 4 N–H and O–H groups in total. The lowest BCUT2D eigenvalue weighted by Crippen LogP contribution is -2.47. The van der Waals surface area contributed by atoms with Crippen LogP contribution < -0.4 is 11.1 Å². The number of aliphatic hydroxyl groups excluding tert-OH is 1. The normalized spacial score (nSPS) is 13.3. The number of aromatic nitrogens is 1. The Morgan fingerprint density at radius 2 is 2.27 bits per heavy atom. The Labute approximate surface area is 100 Å². The second kappa shape index (κ2) is 5.65. The van der Waals surface area contributed by atoms with Crippen LogP contribution in [0.15, 0.2) is 6.20 Å². The third-order valence-electron chi connectivity index (χ3n) is 2.33. The van der Waals surface area contributed by atoms with Gasteiger partial charge in [0.15, 0.2) is 5.13 Å². The molecule has 1 aromatic rings. The van der Waals surface area contributed by atoms with Gasteiger partial charge in [-0.05, 0) is 20.8 Å². The summed E-state index contributed by atoms with van der Waals surface area (Å²) >= 11 is 1.46. The average Bonchev–Trinajstić information content (AvgIpc) is 2.48. The fraction of sp³-hybridized carbons (Fsp3) is 0.667. The zero-order valence-electron chi connectivity index (χ0n) is 9.15. The van der Waals surface area contributed by atoms with E-state index in [1.807, 2.05) is 13.8 Å². The van der Waals surface area contributed by atoms with Gasteiger partial charge in [-0.15, -0.1) is 23.7 Å². The third kappa shape index (κ3) is 4.34. The molecule has 1 rings (SSSR count). The molecule has 0 amide bonds. The zero-order valence-corrected chi connectivity index (χ0v) is 10.8. The van der Waals surface area contributed by atoms with Crippen LogP contribution in [0.25, 0.3) is 0 Å². The van der Waals surface area contributed by atoms with Gasteiger partial charge in [-0.1, -0.05) is 0 Å². The van der Waals surface area contributed by atoms with E-state index in [4.69, 9.17) is 5.73 Å². The Morgan fingerprint density at radius 3 is 2.67 bits per heavy atom. The van der Waals surface area contributed by atoms with E-state index in [1.165, 1.54) is 11.3 Å². The summed E-state index contributed by atoms with van der Waals surface area (Å²) in [6, 6.07) is 0. The van der Waals surface area contributed by atoms with Crippen LogP contribution >= 0.6 is 23.7 Å². The summed E-state index contributed by atoms with van der Waals surface area (Å²) in [5, 5.41) is 13.3. The number of nitrogens with two attached hydrogens (primary N) is 1. The maximum absolute atomic E-state index is 9.46. The lowest BCUT2D eigenvalue weighted by Gasteiger charge is -2.29. The number of nitrogens with zero attached hydrogens (tertiary/aromatic N) is 1. The number of aliphatic hydroxyl groups is 1.